The van der Waals surface area contributed by atoms with Gasteiger partial charge in [0.15, 0.2) is 5.75 Å². The Morgan fingerprint density at radius 1 is 1.17 bits per heavy atom. The zero-order valence-corrected chi connectivity index (χ0v) is 19.6. The summed E-state index contributed by atoms with van der Waals surface area (Å²) in [6, 6.07) is 12.6. The van der Waals surface area contributed by atoms with E-state index < -0.39 is 18.0 Å². The van der Waals surface area contributed by atoms with E-state index in [1.807, 2.05) is 6.07 Å². The molecule has 1 atom stereocenters. The highest BCUT2D eigenvalue weighted by atomic mass is 35.5. The number of aromatic nitrogens is 3. The molecular formula is C25H21ClF3N5O2. The van der Waals surface area contributed by atoms with E-state index in [-0.39, 0.29) is 22.2 Å². The zero-order valence-electron chi connectivity index (χ0n) is 18.8. The zero-order chi connectivity index (χ0) is 25.3. The Labute approximate surface area is 209 Å². The Morgan fingerprint density at radius 2 is 2.00 bits per heavy atom. The van der Waals surface area contributed by atoms with E-state index in [9.17, 15) is 18.0 Å². The van der Waals surface area contributed by atoms with Gasteiger partial charge in [0.2, 0.25) is 0 Å². The van der Waals surface area contributed by atoms with Gasteiger partial charge < -0.3 is 19.9 Å². The van der Waals surface area contributed by atoms with Crippen LogP contribution in [0.3, 0.4) is 0 Å². The molecule has 2 N–H and O–H groups in total. The predicted octanol–water partition coefficient (Wildman–Crippen LogP) is 6.15. The van der Waals surface area contributed by atoms with Gasteiger partial charge in [0.25, 0.3) is 5.91 Å². The fourth-order valence-corrected chi connectivity index (χ4v) is 4.72. The summed E-state index contributed by atoms with van der Waals surface area (Å²) >= 11 is 6.10. The normalized spacial score (nSPS) is 16.2. The minimum absolute atomic E-state index is 0.00129. The summed E-state index contributed by atoms with van der Waals surface area (Å²) < 4.78 is 43.4. The fraction of sp³-hybridized carbons (Fsp3) is 0.240. The quantitative estimate of drug-likeness (QED) is 0.333. The molecule has 0 saturated carbocycles. The standard InChI is InChI=1S/C25H21ClF3N5O2/c26-19-6-2-1-5-17(19)24(35)33-20-12-15(7-8-21(20)36-25(27,28)29)16-4-3-11-34(13-16)23-18-9-10-30-22(18)31-14-32-23/h1-2,5-10,12,14,16H,3-4,11,13H2,(H,33,35)(H,30,31,32). The van der Waals surface area contributed by atoms with Gasteiger partial charge in [-0.15, -0.1) is 13.2 Å². The number of anilines is 2. The van der Waals surface area contributed by atoms with Crippen LogP contribution in [0.25, 0.3) is 11.0 Å². The van der Waals surface area contributed by atoms with Crippen molar-refractivity contribution in [2.75, 3.05) is 23.3 Å². The summed E-state index contributed by atoms with van der Waals surface area (Å²) in [6.45, 7) is 1.40. The number of hydrogen-bond acceptors (Lipinski definition) is 5. The van der Waals surface area contributed by atoms with Gasteiger partial charge in [-0.1, -0.05) is 29.8 Å². The summed E-state index contributed by atoms with van der Waals surface area (Å²) in [4.78, 5) is 26.7. The van der Waals surface area contributed by atoms with Crippen LogP contribution in [0, 0.1) is 0 Å². The van der Waals surface area contributed by atoms with E-state index in [1.54, 1.807) is 24.4 Å². The Morgan fingerprint density at radius 3 is 2.81 bits per heavy atom. The van der Waals surface area contributed by atoms with Crippen LogP contribution in [-0.4, -0.2) is 40.3 Å². The number of carbonyl (C=O) groups is 1. The van der Waals surface area contributed by atoms with Crippen molar-refractivity contribution in [1.29, 1.82) is 0 Å². The lowest BCUT2D eigenvalue weighted by Crippen LogP contribution is -2.35. The number of benzene rings is 2. The highest BCUT2D eigenvalue weighted by Crippen LogP contribution is 2.37. The molecule has 7 nitrogen and oxygen atoms in total. The lowest BCUT2D eigenvalue weighted by Gasteiger charge is -2.34. The molecular weight excluding hydrogens is 495 g/mol. The highest BCUT2D eigenvalue weighted by molar-refractivity contribution is 6.34. The maximum Gasteiger partial charge on any atom is 0.573 e. The maximum absolute atomic E-state index is 13.1. The van der Waals surface area contributed by atoms with Crippen LogP contribution in [0.1, 0.15) is 34.7 Å². The molecule has 0 bridgehead atoms. The van der Waals surface area contributed by atoms with Gasteiger partial charge in [-0.25, -0.2) is 9.97 Å². The van der Waals surface area contributed by atoms with E-state index in [4.69, 9.17) is 11.6 Å². The summed E-state index contributed by atoms with van der Waals surface area (Å²) in [5.41, 5.74) is 1.58. The molecule has 2 aromatic heterocycles. The Balaban J connectivity index is 1.44. The summed E-state index contributed by atoms with van der Waals surface area (Å²) in [5, 5.41) is 3.64. The van der Waals surface area contributed by atoms with Gasteiger partial charge in [-0.3, -0.25) is 4.79 Å². The third kappa shape index (κ3) is 5.08. The Bertz CT molecular complexity index is 1410. The van der Waals surface area contributed by atoms with Crippen LogP contribution in [-0.2, 0) is 0 Å². The molecule has 2 aromatic carbocycles. The van der Waals surface area contributed by atoms with E-state index in [1.165, 1.54) is 30.6 Å². The molecule has 0 radical (unpaired) electrons. The molecule has 1 fully saturated rings. The topological polar surface area (TPSA) is 83.1 Å². The van der Waals surface area contributed by atoms with Gasteiger partial charge in [-0.05, 0) is 48.7 Å². The van der Waals surface area contributed by atoms with Crippen LogP contribution >= 0.6 is 11.6 Å². The number of ether oxygens (including phenoxy) is 1. The molecule has 36 heavy (non-hydrogen) atoms. The predicted molar refractivity (Wildman–Crippen MR) is 131 cm³/mol. The number of amides is 1. The Kier molecular flexibility index (Phi) is 6.44. The van der Waals surface area contributed by atoms with E-state index in [0.29, 0.717) is 6.54 Å². The van der Waals surface area contributed by atoms with Crippen LogP contribution in [0.5, 0.6) is 5.75 Å². The molecule has 3 heterocycles. The first-order valence-corrected chi connectivity index (χ1v) is 11.6. The second-order valence-corrected chi connectivity index (χ2v) is 8.87. The van der Waals surface area contributed by atoms with E-state index in [2.05, 4.69) is 29.9 Å². The third-order valence-corrected chi connectivity index (χ3v) is 6.45. The first-order chi connectivity index (χ1) is 17.3. The summed E-state index contributed by atoms with van der Waals surface area (Å²) in [5.74, 6) is -0.330. The Hall–Kier alpha value is -3.79. The number of hydrogen-bond donors (Lipinski definition) is 2. The molecule has 1 saturated heterocycles. The van der Waals surface area contributed by atoms with Crippen LogP contribution in [0.2, 0.25) is 5.02 Å². The van der Waals surface area contributed by atoms with E-state index >= 15 is 0 Å². The number of carbonyl (C=O) groups excluding carboxylic acids is 1. The van der Waals surface area contributed by atoms with Crippen molar-refractivity contribution in [3.63, 3.8) is 0 Å². The number of H-pyrrole nitrogens is 1. The van der Waals surface area contributed by atoms with Crippen molar-refractivity contribution >= 4 is 40.0 Å². The molecule has 186 valence electrons. The van der Waals surface area contributed by atoms with Crippen LogP contribution in [0.15, 0.2) is 61.1 Å². The number of fused-ring (bicyclic) bond motifs is 1. The second kappa shape index (κ2) is 9.69. The number of rotatable bonds is 5. The largest absolute Gasteiger partial charge is 0.573 e. The fourth-order valence-electron chi connectivity index (χ4n) is 4.50. The first kappa shape index (κ1) is 23.9. The summed E-state index contributed by atoms with van der Waals surface area (Å²) in [6.07, 6.45) is 0.0842. The van der Waals surface area contributed by atoms with Crippen LogP contribution in [0.4, 0.5) is 24.7 Å². The molecule has 1 unspecified atom stereocenters. The SMILES string of the molecule is O=C(Nc1cc(C2CCCN(c3ncnc4[nH]ccc34)C2)ccc1OC(F)(F)F)c1ccccc1Cl. The highest BCUT2D eigenvalue weighted by Gasteiger charge is 2.33. The molecule has 1 aliphatic rings. The molecule has 0 aliphatic carbocycles. The van der Waals surface area contributed by atoms with Gasteiger partial charge in [0.1, 0.15) is 17.8 Å². The third-order valence-electron chi connectivity index (χ3n) is 6.12. The van der Waals surface area contributed by atoms with Crippen molar-refractivity contribution in [1.82, 2.24) is 15.0 Å². The average molecular weight is 516 g/mol. The van der Waals surface area contributed by atoms with Crippen molar-refractivity contribution in [3.05, 3.63) is 77.2 Å². The molecule has 11 heteroatoms. The molecule has 1 amide bonds. The monoisotopic (exact) mass is 515 g/mol. The lowest BCUT2D eigenvalue weighted by atomic mass is 9.90. The number of halogens is 4. The average Bonchev–Trinajstić information content (AvgIpc) is 3.34. The minimum atomic E-state index is -4.91. The molecule has 4 aromatic rings. The van der Waals surface area contributed by atoms with Gasteiger partial charge in [0.05, 0.1) is 21.7 Å². The van der Waals surface area contributed by atoms with Crippen molar-refractivity contribution < 1.29 is 22.7 Å². The smallest absolute Gasteiger partial charge is 0.404 e. The van der Waals surface area contributed by atoms with Gasteiger partial charge in [-0.2, -0.15) is 0 Å². The number of aromatic amines is 1. The number of nitrogens with zero attached hydrogens (tertiary/aromatic N) is 3. The van der Waals surface area contributed by atoms with Crippen molar-refractivity contribution in [2.24, 2.45) is 0 Å². The van der Waals surface area contributed by atoms with Crippen molar-refractivity contribution in [2.45, 2.75) is 25.1 Å². The van der Waals surface area contributed by atoms with E-state index in [0.717, 1.165) is 41.8 Å². The lowest BCUT2D eigenvalue weighted by molar-refractivity contribution is -0.274. The molecule has 0 spiro atoms. The number of alkyl halides is 3. The second-order valence-electron chi connectivity index (χ2n) is 8.46. The molecule has 5 rings (SSSR count). The first-order valence-electron chi connectivity index (χ1n) is 11.3. The maximum atomic E-state index is 13.1. The number of nitrogens with one attached hydrogen (secondary N) is 2. The number of piperidine rings is 1. The van der Waals surface area contributed by atoms with Crippen LogP contribution < -0.4 is 15.0 Å². The molecule has 1 aliphatic heterocycles. The summed E-state index contributed by atoms with van der Waals surface area (Å²) in [7, 11) is 0. The van der Waals surface area contributed by atoms with Crippen molar-refractivity contribution in [3.8, 4) is 5.75 Å². The van der Waals surface area contributed by atoms with Gasteiger partial charge in [0, 0.05) is 25.2 Å². The van der Waals surface area contributed by atoms with Gasteiger partial charge >= 0.3 is 6.36 Å². The minimum Gasteiger partial charge on any atom is -0.404 e.